The molecule has 10 nitrogen and oxygen atoms in total. The SMILES string of the molecule is O=C(Nc1cccc(Nc2nc(N[C@@H]3CCNC3)nc3cc[nH]c(=O)c23)c1)N1CCCC1. The summed E-state index contributed by atoms with van der Waals surface area (Å²) >= 11 is 0. The zero-order valence-corrected chi connectivity index (χ0v) is 17.6. The zero-order chi connectivity index (χ0) is 21.9. The lowest BCUT2D eigenvalue weighted by atomic mass is 10.2. The number of urea groups is 1. The summed E-state index contributed by atoms with van der Waals surface area (Å²) in [4.78, 5) is 38.6. The predicted molar refractivity (Wildman–Crippen MR) is 125 cm³/mol. The van der Waals surface area contributed by atoms with Crippen molar-refractivity contribution < 1.29 is 4.79 Å². The molecule has 166 valence electrons. The molecule has 2 fully saturated rings. The van der Waals surface area contributed by atoms with Gasteiger partial charge in [-0.25, -0.2) is 9.78 Å². The smallest absolute Gasteiger partial charge is 0.321 e. The molecule has 2 aromatic heterocycles. The van der Waals surface area contributed by atoms with Crippen molar-refractivity contribution in [1.82, 2.24) is 25.2 Å². The number of carbonyl (C=O) groups excluding carboxylic acids is 1. The van der Waals surface area contributed by atoms with E-state index < -0.39 is 0 Å². The van der Waals surface area contributed by atoms with E-state index >= 15 is 0 Å². The number of benzene rings is 1. The van der Waals surface area contributed by atoms with Gasteiger partial charge in [0.2, 0.25) is 5.95 Å². The summed E-state index contributed by atoms with van der Waals surface area (Å²) < 4.78 is 0. The quantitative estimate of drug-likeness (QED) is 0.417. The van der Waals surface area contributed by atoms with Crippen molar-refractivity contribution >= 4 is 40.1 Å². The summed E-state index contributed by atoms with van der Waals surface area (Å²) in [6.07, 6.45) is 4.64. The molecule has 1 atom stereocenters. The number of hydrogen-bond donors (Lipinski definition) is 5. The van der Waals surface area contributed by atoms with E-state index in [1.807, 2.05) is 29.2 Å². The molecule has 2 saturated heterocycles. The zero-order valence-electron chi connectivity index (χ0n) is 17.6. The molecular formula is C22H26N8O2. The maximum absolute atomic E-state index is 12.5. The fourth-order valence-electron chi connectivity index (χ4n) is 4.14. The Morgan fingerprint density at radius 2 is 1.97 bits per heavy atom. The number of nitrogens with one attached hydrogen (secondary N) is 5. The van der Waals surface area contributed by atoms with Crippen LogP contribution in [-0.2, 0) is 0 Å². The summed E-state index contributed by atoms with van der Waals surface area (Å²) in [5.41, 5.74) is 1.67. The Morgan fingerprint density at radius 3 is 2.78 bits per heavy atom. The third-order valence-electron chi connectivity index (χ3n) is 5.78. The van der Waals surface area contributed by atoms with Gasteiger partial charge in [-0.15, -0.1) is 0 Å². The van der Waals surface area contributed by atoms with Gasteiger partial charge < -0.3 is 31.2 Å². The van der Waals surface area contributed by atoms with Gasteiger partial charge in [0.05, 0.1) is 5.52 Å². The number of carbonyl (C=O) groups is 1. The number of aromatic nitrogens is 3. The maximum atomic E-state index is 12.5. The van der Waals surface area contributed by atoms with Crippen LogP contribution in [0.15, 0.2) is 41.3 Å². The number of pyridine rings is 1. The molecule has 5 rings (SSSR count). The summed E-state index contributed by atoms with van der Waals surface area (Å²) in [5, 5.41) is 13.2. The van der Waals surface area contributed by atoms with Gasteiger partial charge in [0.1, 0.15) is 11.2 Å². The summed E-state index contributed by atoms with van der Waals surface area (Å²) in [5.74, 6) is 0.881. The number of likely N-dealkylation sites (tertiary alicyclic amines) is 1. The van der Waals surface area contributed by atoms with Crippen molar-refractivity contribution in [3.63, 3.8) is 0 Å². The molecule has 2 aliphatic rings. The van der Waals surface area contributed by atoms with Crippen LogP contribution in [0.25, 0.3) is 10.9 Å². The minimum Gasteiger partial charge on any atom is -0.350 e. The van der Waals surface area contributed by atoms with Crippen LogP contribution in [-0.4, -0.2) is 58.1 Å². The van der Waals surface area contributed by atoms with Gasteiger partial charge in [0.15, 0.2) is 0 Å². The number of amides is 2. The van der Waals surface area contributed by atoms with Gasteiger partial charge in [-0.2, -0.15) is 4.98 Å². The van der Waals surface area contributed by atoms with Crippen LogP contribution in [0.1, 0.15) is 19.3 Å². The Balaban J connectivity index is 1.42. The van der Waals surface area contributed by atoms with Gasteiger partial charge in [-0.3, -0.25) is 4.79 Å². The first kappa shape index (κ1) is 20.3. The molecule has 3 aromatic rings. The first-order valence-corrected chi connectivity index (χ1v) is 11.0. The highest BCUT2D eigenvalue weighted by atomic mass is 16.2. The number of nitrogens with zero attached hydrogens (tertiary/aromatic N) is 3. The Labute approximate surface area is 184 Å². The Kier molecular flexibility index (Phi) is 5.59. The highest BCUT2D eigenvalue weighted by Gasteiger charge is 2.19. The van der Waals surface area contributed by atoms with Gasteiger partial charge in [-0.05, 0) is 50.1 Å². The fraction of sp³-hybridized carbons (Fsp3) is 0.364. The van der Waals surface area contributed by atoms with E-state index in [-0.39, 0.29) is 17.6 Å². The van der Waals surface area contributed by atoms with Gasteiger partial charge >= 0.3 is 6.03 Å². The Morgan fingerprint density at radius 1 is 1.12 bits per heavy atom. The lowest BCUT2D eigenvalue weighted by Gasteiger charge is -2.17. The molecule has 32 heavy (non-hydrogen) atoms. The second kappa shape index (κ2) is 8.83. The van der Waals surface area contributed by atoms with Crippen LogP contribution in [0, 0.1) is 0 Å². The second-order valence-electron chi connectivity index (χ2n) is 8.13. The van der Waals surface area contributed by atoms with Gasteiger partial charge in [-0.1, -0.05) is 6.07 Å². The topological polar surface area (TPSA) is 127 Å². The van der Waals surface area contributed by atoms with E-state index in [1.165, 1.54) is 0 Å². The molecule has 0 aliphatic carbocycles. The highest BCUT2D eigenvalue weighted by molar-refractivity contribution is 5.92. The Hall–Kier alpha value is -3.66. The first-order valence-electron chi connectivity index (χ1n) is 11.0. The number of anilines is 4. The Bertz CT molecular complexity index is 1180. The van der Waals surface area contributed by atoms with Crippen LogP contribution in [0.4, 0.5) is 27.9 Å². The van der Waals surface area contributed by atoms with Crippen LogP contribution in [0.5, 0.6) is 0 Å². The van der Waals surface area contributed by atoms with Crippen molar-refractivity contribution in [2.45, 2.75) is 25.3 Å². The van der Waals surface area contributed by atoms with Crippen LogP contribution < -0.4 is 26.8 Å². The maximum Gasteiger partial charge on any atom is 0.321 e. The second-order valence-corrected chi connectivity index (χ2v) is 8.13. The van der Waals surface area contributed by atoms with E-state index in [9.17, 15) is 9.59 Å². The van der Waals surface area contributed by atoms with Crippen LogP contribution in [0.2, 0.25) is 0 Å². The van der Waals surface area contributed by atoms with Crippen molar-refractivity contribution in [2.75, 3.05) is 42.1 Å². The molecule has 0 radical (unpaired) electrons. The third kappa shape index (κ3) is 4.35. The van der Waals surface area contributed by atoms with E-state index in [2.05, 4.69) is 36.2 Å². The highest BCUT2D eigenvalue weighted by Crippen LogP contribution is 2.25. The van der Waals surface area contributed by atoms with E-state index in [1.54, 1.807) is 12.3 Å². The number of hydrogen-bond acceptors (Lipinski definition) is 7. The van der Waals surface area contributed by atoms with Crippen LogP contribution >= 0.6 is 0 Å². The van der Waals surface area contributed by atoms with Gasteiger partial charge in [0.25, 0.3) is 5.56 Å². The lowest BCUT2D eigenvalue weighted by molar-refractivity contribution is 0.222. The summed E-state index contributed by atoms with van der Waals surface area (Å²) in [7, 11) is 0. The van der Waals surface area contributed by atoms with E-state index in [0.29, 0.717) is 34.0 Å². The normalized spacial score (nSPS) is 18.1. The molecule has 0 bridgehead atoms. The summed E-state index contributed by atoms with van der Waals surface area (Å²) in [6.45, 7) is 3.36. The molecule has 10 heteroatoms. The fourth-order valence-corrected chi connectivity index (χ4v) is 4.14. The number of aromatic amines is 1. The van der Waals surface area contributed by atoms with Crippen molar-refractivity contribution in [2.24, 2.45) is 0 Å². The average molecular weight is 435 g/mol. The molecular weight excluding hydrogens is 408 g/mol. The molecule has 5 N–H and O–H groups in total. The van der Waals surface area contributed by atoms with Crippen molar-refractivity contribution in [3.05, 3.63) is 46.9 Å². The lowest BCUT2D eigenvalue weighted by Crippen LogP contribution is -2.32. The molecule has 0 spiro atoms. The van der Waals surface area contributed by atoms with Crippen molar-refractivity contribution in [3.8, 4) is 0 Å². The molecule has 2 amide bonds. The molecule has 0 unspecified atom stereocenters. The molecule has 4 heterocycles. The minimum absolute atomic E-state index is 0.0970. The average Bonchev–Trinajstić information content (AvgIpc) is 3.48. The third-order valence-corrected chi connectivity index (χ3v) is 5.78. The number of rotatable bonds is 5. The van der Waals surface area contributed by atoms with Gasteiger partial charge in [0, 0.05) is 43.2 Å². The predicted octanol–water partition coefficient (Wildman–Crippen LogP) is 2.46. The largest absolute Gasteiger partial charge is 0.350 e. The number of fused-ring (bicyclic) bond motifs is 1. The molecule has 0 saturated carbocycles. The van der Waals surface area contributed by atoms with E-state index in [4.69, 9.17) is 0 Å². The first-order chi connectivity index (χ1) is 15.7. The van der Waals surface area contributed by atoms with Crippen LogP contribution in [0.3, 0.4) is 0 Å². The number of H-pyrrole nitrogens is 1. The van der Waals surface area contributed by atoms with E-state index in [0.717, 1.165) is 45.4 Å². The minimum atomic E-state index is -0.266. The molecule has 2 aliphatic heterocycles. The van der Waals surface area contributed by atoms with Crippen molar-refractivity contribution in [1.29, 1.82) is 0 Å². The summed E-state index contributed by atoms with van der Waals surface area (Å²) in [6, 6.07) is 9.28. The monoisotopic (exact) mass is 434 g/mol. The standard InChI is InChI=1S/C22H26N8O2/c31-20-18-17(7-9-24-20)28-21(26-16-6-8-23-13-16)29-19(18)25-14-4-3-5-15(12-14)27-22(32)30-10-1-2-11-30/h3-5,7,9,12,16,23H,1-2,6,8,10-11,13H2,(H,24,31)(H,27,32)(H2,25,26,28,29)/t16-/m1/s1. The molecule has 1 aromatic carbocycles.